The van der Waals surface area contributed by atoms with E-state index in [1.807, 2.05) is 30.5 Å². The van der Waals surface area contributed by atoms with Gasteiger partial charge in [-0.05, 0) is 17.5 Å². The molecule has 0 bridgehead atoms. The van der Waals surface area contributed by atoms with Crippen molar-refractivity contribution in [3.05, 3.63) is 91.3 Å². The van der Waals surface area contributed by atoms with Gasteiger partial charge in [0.2, 0.25) is 0 Å². The average Bonchev–Trinajstić information content (AvgIpc) is 3.37. The maximum Gasteiger partial charge on any atom is 0.160 e. The minimum Gasteiger partial charge on any atom is -0.461 e. The number of aromatic amines is 1. The van der Waals surface area contributed by atoms with Gasteiger partial charge in [0.05, 0.1) is 6.26 Å². The third kappa shape index (κ3) is 2.20. The summed E-state index contributed by atoms with van der Waals surface area (Å²) in [6.07, 6.45) is 3.73. The Morgan fingerprint density at radius 2 is 1.43 bits per heavy atom. The Morgan fingerprint density at radius 3 is 2.29 bits per heavy atom. The van der Waals surface area contributed by atoms with Crippen molar-refractivity contribution < 1.29 is 4.42 Å². The van der Waals surface area contributed by atoms with Crippen LogP contribution in [0.3, 0.4) is 0 Å². The van der Waals surface area contributed by atoms with E-state index in [1.54, 1.807) is 6.26 Å². The van der Waals surface area contributed by atoms with Gasteiger partial charge in [-0.2, -0.15) is 0 Å². The highest BCUT2D eigenvalue weighted by atomic mass is 16.3. The zero-order valence-electron chi connectivity index (χ0n) is 15.0. The van der Waals surface area contributed by atoms with E-state index in [0.29, 0.717) is 0 Å². The highest BCUT2D eigenvalue weighted by Crippen LogP contribution is 2.40. The third-order valence-corrected chi connectivity index (χ3v) is 5.32. The molecule has 0 saturated heterocycles. The van der Waals surface area contributed by atoms with Crippen molar-refractivity contribution in [2.45, 2.75) is 0 Å². The number of nitrogens with zero attached hydrogens (tertiary/aromatic N) is 1. The van der Waals surface area contributed by atoms with Crippen molar-refractivity contribution in [3.63, 3.8) is 0 Å². The number of rotatable bonds is 2. The fourth-order valence-corrected chi connectivity index (χ4v) is 3.99. The van der Waals surface area contributed by atoms with Crippen molar-refractivity contribution in [3.8, 4) is 22.7 Å². The van der Waals surface area contributed by atoms with Gasteiger partial charge >= 0.3 is 0 Å². The van der Waals surface area contributed by atoms with Crippen LogP contribution in [0.2, 0.25) is 0 Å². The van der Waals surface area contributed by atoms with Gasteiger partial charge in [-0.1, -0.05) is 66.7 Å². The van der Waals surface area contributed by atoms with E-state index < -0.39 is 0 Å². The number of furan rings is 1. The molecule has 0 aliphatic rings. The highest BCUT2D eigenvalue weighted by molar-refractivity contribution is 6.06. The summed E-state index contributed by atoms with van der Waals surface area (Å²) >= 11 is 0. The summed E-state index contributed by atoms with van der Waals surface area (Å²) in [6, 6.07) is 27.1. The number of hydrogen-bond acceptors (Lipinski definition) is 2. The van der Waals surface area contributed by atoms with Crippen molar-refractivity contribution in [1.29, 1.82) is 0 Å². The van der Waals surface area contributed by atoms with E-state index in [1.165, 1.54) is 5.39 Å². The van der Waals surface area contributed by atoms with Crippen molar-refractivity contribution in [2.24, 2.45) is 0 Å². The normalized spacial score (nSPS) is 11.6. The first-order chi connectivity index (χ1) is 13.9. The van der Waals surface area contributed by atoms with Crippen LogP contribution in [0, 0.1) is 0 Å². The van der Waals surface area contributed by atoms with E-state index in [2.05, 4.69) is 59.6 Å². The standard InChI is InChI=1S/C25H16N2O/c1-4-10-19-17(8-1)14-26-24(25-20-11-5-2-9-18(20)15-28-25)23(19)22-13-16-7-3-6-12-21(16)27-22/h1-15,27H. The minimum absolute atomic E-state index is 0.801. The average molecular weight is 360 g/mol. The lowest BCUT2D eigenvalue weighted by Crippen LogP contribution is -1.91. The molecular weight excluding hydrogens is 344 g/mol. The van der Waals surface area contributed by atoms with Crippen LogP contribution in [0.1, 0.15) is 0 Å². The predicted octanol–water partition coefficient (Wildman–Crippen LogP) is 6.80. The molecule has 3 aromatic carbocycles. The molecule has 0 aliphatic heterocycles. The number of benzene rings is 3. The molecule has 0 spiro atoms. The molecule has 3 nitrogen and oxygen atoms in total. The van der Waals surface area contributed by atoms with Gasteiger partial charge in [0, 0.05) is 44.5 Å². The van der Waals surface area contributed by atoms with Gasteiger partial charge in [-0.15, -0.1) is 0 Å². The Morgan fingerprint density at radius 1 is 0.714 bits per heavy atom. The maximum absolute atomic E-state index is 6.01. The van der Waals surface area contributed by atoms with Crippen LogP contribution in [-0.2, 0) is 0 Å². The van der Waals surface area contributed by atoms with E-state index in [9.17, 15) is 0 Å². The molecule has 0 amide bonds. The Balaban J connectivity index is 1.73. The van der Waals surface area contributed by atoms with Crippen LogP contribution in [-0.4, -0.2) is 9.97 Å². The van der Waals surface area contributed by atoms with Crippen molar-refractivity contribution in [2.75, 3.05) is 0 Å². The maximum atomic E-state index is 6.01. The second kappa shape index (κ2) is 5.83. The number of aromatic nitrogens is 2. The second-order valence-electron chi connectivity index (χ2n) is 6.99. The molecule has 0 radical (unpaired) electrons. The molecule has 1 N–H and O–H groups in total. The first-order valence-electron chi connectivity index (χ1n) is 9.31. The van der Waals surface area contributed by atoms with Gasteiger partial charge in [-0.25, -0.2) is 0 Å². The smallest absolute Gasteiger partial charge is 0.160 e. The molecule has 3 heterocycles. The second-order valence-corrected chi connectivity index (χ2v) is 6.99. The van der Waals surface area contributed by atoms with Crippen LogP contribution >= 0.6 is 0 Å². The van der Waals surface area contributed by atoms with Crippen molar-refractivity contribution >= 4 is 32.4 Å². The van der Waals surface area contributed by atoms with E-state index in [-0.39, 0.29) is 0 Å². The minimum atomic E-state index is 0.801. The lowest BCUT2D eigenvalue weighted by Gasteiger charge is -2.10. The molecule has 0 fully saturated rings. The van der Waals surface area contributed by atoms with Gasteiger partial charge in [0.1, 0.15) is 5.69 Å². The molecule has 0 aliphatic carbocycles. The third-order valence-electron chi connectivity index (χ3n) is 5.32. The van der Waals surface area contributed by atoms with Crippen LogP contribution < -0.4 is 0 Å². The SMILES string of the molecule is c1ccc2[nH]c(-c3c(-c4occ5ccccc45)ncc4ccccc34)cc2c1. The lowest BCUT2D eigenvalue weighted by atomic mass is 9.99. The number of pyridine rings is 1. The highest BCUT2D eigenvalue weighted by Gasteiger charge is 2.19. The molecule has 6 rings (SSSR count). The van der Waals surface area contributed by atoms with E-state index >= 15 is 0 Å². The quantitative estimate of drug-likeness (QED) is 0.369. The number of para-hydroxylation sites is 1. The van der Waals surface area contributed by atoms with Gasteiger partial charge < -0.3 is 9.40 Å². The summed E-state index contributed by atoms with van der Waals surface area (Å²) in [4.78, 5) is 8.40. The molecule has 3 aromatic heterocycles. The number of nitrogens with one attached hydrogen (secondary N) is 1. The fourth-order valence-electron chi connectivity index (χ4n) is 3.99. The molecular formula is C25H16N2O. The molecule has 0 saturated carbocycles. The zero-order valence-corrected chi connectivity index (χ0v) is 15.0. The van der Waals surface area contributed by atoms with Crippen LogP contribution in [0.25, 0.3) is 55.2 Å². The summed E-state index contributed by atoms with van der Waals surface area (Å²) < 4.78 is 6.01. The van der Waals surface area contributed by atoms with Crippen molar-refractivity contribution in [1.82, 2.24) is 9.97 Å². The van der Waals surface area contributed by atoms with Crippen LogP contribution in [0.4, 0.5) is 0 Å². The zero-order chi connectivity index (χ0) is 18.5. The summed E-state index contributed by atoms with van der Waals surface area (Å²) in [6.45, 7) is 0. The molecule has 6 aromatic rings. The van der Waals surface area contributed by atoms with Gasteiger partial charge in [0.25, 0.3) is 0 Å². The Hall–Kier alpha value is -3.85. The molecule has 0 atom stereocenters. The Kier molecular flexibility index (Phi) is 3.17. The van der Waals surface area contributed by atoms with Gasteiger partial charge in [0.15, 0.2) is 5.76 Å². The molecule has 3 heteroatoms. The first kappa shape index (κ1) is 15.2. The summed E-state index contributed by atoms with van der Waals surface area (Å²) in [5.41, 5.74) is 4.07. The Labute approximate surface area is 161 Å². The first-order valence-corrected chi connectivity index (χ1v) is 9.31. The van der Waals surface area contributed by atoms with Crippen LogP contribution in [0.5, 0.6) is 0 Å². The Bertz CT molecular complexity index is 1440. The largest absolute Gasteiger partial charge is 0.461 e. The molecule has 28 heavy (non-hydrogen) atoms. The summed E-state index contributed by atoms with van der Waals surface area (Å²) in [5, 5.41) is 5.59. The topological polar surface area (TPSA) is 41.8 Å². The number of hydrogen-bond donors (Lipinski definition) is 1. The van der Waals surface area contributed by atoms with Gasteiger partial charge in [-0.3, -0.25) is 4.98 Å². The van der Waals surface area contributed by atoms with Crippen LogP contribution in [0.15, 0.2) is 95.7 Å². The fraction of sp³-hybridized carbons (Fsp3) is 0. The molecule has 132 valence electrons. The number of H-pyrrole nitrogens is 1. The molecule has 0 unspecified atom stereocenters. The summed E-state index contributed by atoms with van der Waals surface area (Å²) in [7, 11) is 0. The monoisotopic (exact) mass is 360 g/mol. The van der Waals surface area contributed by atoms with E-state index in [4.69, 9.17) is 9.40 Å². The lowest BCUT2D eigenvalue weighted by molar-refractivity contribution is 0.585. The van der Waals surface area contributed by atoms with E-state index in [0.717, 1.165) is 49.8 Å². The number of fused-ring (bicyclic) bond motifs is 3. The summed E-state index contributed by atoms with van der Waals surface area (Å²) in [5.74, 6) is 0.801. The predicted molar refractivity (Wildman–Crippen MR) is 114 cm³/mol.